The standard InChI is InChI=1S/C16H22FN3O4S/c1-11(19-25(23,24)15-6-4-3-5-14(15)17)16(22)18-13-7-9-20(10-8-13)12(2)21/h3-6,11,13,19H,7-10H2,1-2H3,(H,18,22). The fraction of sp³-hybridized carbons (Fsp3) is 0.500. The number of hydrogen-bond acceptors (Lipinski definition) is 4. The van der Waals surface area contributed by atoms with Crippen LogP contribution in [0.1, 0.15) is 26.7 Å². The summed E-state index contributed by atoms with van der Waals surface area (Å²) < 4.78 is 40.3. The van der Waals surface area contributed by atoms with Gasteiger partial charge in [-0.1, -0.05) is 12.1 Å². The van der Waals surface area contributed by atoms with Gasteiger partial charge in [0.25, 0.3) is 0 Å². The second-order valence-electron chi connectivity index (χ2n) is 6.06. The summed E-state index contributed by atoms with van der Waals surface area (Å²) >= 11 is 0. The number of amides is 2. The monoisotopic (exact) mass is 371 g/mol. The number of nitrogens with zero attached hydrogens (tertiary/aromatic N) is 1. The molecule has 0 radical (unpaired) electrons. The first kappa shape index (κ1) is 19.3. The molecule has 1 aliphatic heterocycles. The molecule has 0 spiro atoms. The Morgan fingerprint density at radius 3 is 2.40 bits per heavy atom. The van der Waals surface area contributed by atoms with Crippen LogP contribution in [0.4, 0.5) is 4.39 Å². The third kappa shape index (κ3) is 4.99. The van der Waals surface area contributed by atoms with Crippen molar-refractivity contribution in [3.8, 4) is 0 Å². The molecule has 1 unspecified atom stereocenters. The molecule has 0 saturated carbocycles. The quantitative estimate of drug-likeness (QED) is 0.793. The zero-order valence-corrected chi connectivity index (χ0v) is 15.0. The van der Waals surface area contributed by atoms with Crippen molar-refractivity contribution in [3.05, 3.63) is 30.1 Å². The summed E-state index contributed by atoms with van der Waals surface area (Å²) in [5.74, 6) is -1.36. The maximum absolute atomic E-state index is 13.7. The molecule has 1 atom stereocenters. The van der Waals surface area contributed by atoms with Crippen LogP contribution in [0, 0.1) is 5.82 Å². The van der Waals surface area contributed by atoms with Crippen LogP contribution in [0.2, 0.25) is 0 Å². The number of halogens is 1. The number of likely N-dealkylation sites (tertiary alicyclic amines) is 1. The number of benzene rings is 1. The molecule has 1 fully saturated rings. The van der Waals surface area contributed by atoms with Crippen molar-refractivity contribution in [2.75, 3.05) is 13.1 Å². The van der Waals surface area contributed by atoms with Crippen LogP contribution in [0.15, 0.2) is 29.2 Å². The SMILES string of the molecule is CC(=O)N1CCC(NC(=O)C(C)NS(=O)(=O)c2ccccc2F)CC1. The first-order valence-corrected chi connectivity index (χ1v) is 9.52. The Hall–Kier alpha value is -2.00. The van der Waals surface area contributed by atoms with Gasteiger partial charge in [0.15, 0.2) is 0 Å². The molecule has 0 aliphatic carbocycles. The third-order valence-corrected chi connectivity index (χ3v) is 5.71. The van der Waals surface area contributed by atoms with E-state index in [9.17, 15) is 22.4 Å². The van der Waals surface area contributed by atoms with Crippen LogP contribution in [0.3, 0.4) is 0 Å². The van der Waals surface area contributed by atoms with Crippen LogP contribution < -0.4 is 10.0 Å². The Bertz CT molecular complexity index is 746. The van der Waals surface area contributed by atoms with Crippen molar-refractivity contribution in [2.45, 2.75) is 43.7 Å². The summed E-state index contributed by atoms with van der Waals surface area (Å²) in [5.41, 5.74) is 0. The summed E-state index contributed by atoms with van der Waals surface area (Å²) in [7, 11) is -4.13. The Morgan fingerprint density at radius 1 is 1.24 bits per heavy atom. The zero-order valence-electron chi connectivity index (χ0n) is 14.2. The number of carbonyl (C=O) groups excluding carboxylic acids is 2. The topological polar surface area (TPSA) is 95.6 Å². The number of hydrogen-bond donors (Lipinski definition) is 2. The van der Waals surface area contributed by atoms with E-state index in [1.54, 1.807) is 4.90 Å². The van der Waals surface area contributed by atoms with Gasteiger partial charge in [-0.25, -0.2) is 12.8 Å². The Kier molecular flexibility index (Phi) is 6.12. The maximum atomic E-state index is 13.7. The molecule has 2 N–H and O–H groups in total. The van der Waals surface area contributed by atoms with Crippen molar-refractivity contribution in [1.82, 2.24) is 14.9 Å². The fourth-order valence-corrected chi connectivity index (χ4v) is 3.96. The minimum atomic E-state index is -4.13. The summed E-state index contributed by atoms with van der Waals surface area (Å²) in [6.07, 6.45) is 1.22. The first-order chi connectivity index (χ1) is 11.7. The molecule has 138 valence electrons. The highest BCUT2D eigenvalue weighted by atomic mass is 32.2. The average Bonchev–Trinajstić information content (AvgIpc) is 2.55. The Morgan fingerprint density at radius 2 is 1.84 bits per heavy atom. The summed E-state index contributed by atoms with van der Waals surface area (Å²) in [4.78, 5) is 24.7. The number of nitrogens with one attached hydrogen (secondary N) is 2. The van der Waals surface area contributed by atoms with Crippen LogP contribution in [0.25, 0.3) is 0 Å². The van der Waals surface area contributed by atoms with E-state index in [-0.39, 0.29) is 11.9 Å². The van der Waals surface area contributed by atoms with E-state index in [0.717, 1.165) is 12.1 Å². The van der Waals surface area contributed by atoms with Gasteiger partial charge in [-0.05, 0) is 31.9 Å². The van der Waals surface area contributed by atoms with Gasteiger partial charge in [0.05, 0.1) is 6.04 Å². The van der Waals surface area contributed by atoms with Crippen molar-refractivity contribution in [3.63, 3.8) is 0 Å². The molecule has 7 nitrogen and oxygen atoms in total. The first-order valence-electron chi connectivity index (χ1n) is 8.03. The molecular weight excluding hydrogens is 349 g/mol. The summed E-state index contributed by atoms with van der Waals surface area (Å²) in [6, 6.07) is 3.81. The number of carbonyl (C=O) groups is 2. The molecule has 1 aromatic carbocycles. The molecule has 1 heterocycles. The van der Waals surface area contributed by atoms with Crippen molar-refractivity contribution >= 4 is 21.8 Å². The molecule has 9 heteroatoms. The van der Waals surface area contributed by atoms with Gasteiger partial charge < -0.3 is 10.2 Å². The van der Waals surface area contributed by atoms with Gasteiger partial charge in [0.1, 0.15) is 10.7 Å². The number of piperidine rings is 1. The second kappa shape index (κ2) is 7.92. The highest BCUT2D eigenvalue weighted by molar-refractivity contribution is 7.89. The van der Waals surface area contributed by atoms with Gasteiger partial charge in [-0.3, -0.25) is 9.59 Å². The number of sulfonamides is 1. The molecule has 2 amide bonds. The van der Waals surface area contributed by atoms with E-state index in [0.29, 0.717) is 25.9 Å². The Balaban J connectivity index is 1.92. The maximum Gasteiger partial charge on any atom is 0.244 e. The highest BCUT2D eigenvalue weighted by Crippen LogP contribution is 2.14. The van der Waals surface area contributed by atoms with E-state index in [1.807, 2.05) is 0 Å². The van der Waals surface area contributed by atoms with Gasteiger partial charge >= 0.3 is 0 Å². The van der Waals surface area contributed by atoms with E-state index in [1.165, 1.54) is 26.0 Å². The normalized spacial score (nSPS) is 17.2. The van der Waals surface area contributed by atoms with Crippen LogP contribution in [-0.4, -0.2) is 50.3 Å². The van der Waals surface area contributed by atoms with Gasteiger partial charge in [-0.15, -0.1) is 0 Å². The molecule has 1 aromatic rings. The molecule has 0 bridgehead atoms. The van der Waals surface area contributed by atoms with Crippen molar-refractivity contribution < 1.29 is 22.4 Å². The lowest BCUT2D eigenvalue weighted by molar-refractivity contribution is -0.130. The predicted molar refractivity (Wildman–Crippen MR) is 89.6 cm³/mol. The average molecular weight is 371 g/mol. The minimum Gasteiger partial charge on any atom is -0.352 e. The lowest BCUT2D eigenvalue weighted by Gasteiger charge is -2.32. The summed E-state index contributed by atoms with van der Waals surface area (Å²) in [6.45, 7) is 4.00. The minimum absolute atomic E-state index is 0.00390. The molecule has 1 saturated heterocycles. The predicted octanol–water partition coefficient (Wildman–Crippen LogP) is 0.620. The summed E-state index contributed by atoms with van der Waals surface area (Å²) in [5, 5.41) is 2.77. The Labute approximate surface area is 146 Å². The van der Waals surface area contributed by atoms with E-state index < -0.39 is 32.7 Å². The van der Waals surface area contributed by atoms with E-state index in [2.05, 4.69) is 10.0 Å². The van der Waals surface area contributed by atoms with Crippen molar-refractivity contribution in [2.24, 2.45) is 0 Å². The third-order valence-electron chi connectivity index (χ3n) is 4.14. The molecular formula is C16H22FN3O4S. The van der Waals surface area contributed by atoms with E-state index >= 15 is 0 Å². The van der Waals surface area contributed by atoms with Gasteiger partial charge in [-0.2, -0.15) is 4.72 Å². The lowest BCUT2D eigenvalue weighted by atomic mass is 10.0. The van der Waals surface area contributed by atoms with Gasteiger partial charge in [0, 0.05) is 26.1 Å². The smallest absolute Gasteiger partial charge is 0.244 e. The molecule has 25 heavy (non-hydrogen) atoms. The van der Waals surface area contributed by atoms with Crippen molar-refractivity contribution in [1.29, 1.82) is 0 Å². The van der Waals surface area contributed by atoms with Crippen LogP contribution in [-0.2, 0) is 19.6 Å². The highest BCUT2D eigenvalue weighted by Gasteiger charge is 2.27. The van der Waals surface area contributed by atoms with E-state index in [4.69, 9.17) is 0 Å². The van der Waals surface area contributed by atoms with Crippen LogP contribution >= 0.6 is 0 Å². The number of rotatable bonds is 5. The lowest BCUT2D eigenvalue weighted by Crippen LogP contribution is -2.51. The molecule has 0 aromatic heterocycles. The second-order valence-corrected chi connectivity index (χ2v) is 7.74. The molecule has 2 rings (SSSR count). The fourth-order valence-electron chi connectivity index (χ4n) is 2.68. The molecule has 1 aliphatic rings. The van der Waals surface area contributed by atoms with Gasteiger partial charge in [0.2, 0.25) is 21.8 Å². The zero-order chi connectivity index (χ0) is 18.6. The van der Waals surface area contributed by atoms with Crippen LogP contribution in [0.5, 0.6) is 0 Å². The largest absolute Gasteiger partial charge is 0.352 e.